The van der Waals surface area contributed by atoms with Crippen molar-refractivity contribution < 1.29 is 13.2 Å². The van der Waals surface area contributed by atoms with Crippen molar-refractivity contribution in [2.75, 3.05) is 12.8 Å². The highest BCUT2D eigenvalue weighted by atomic mass is 32.2. The molecule has 0 aliphatic heterocycles. The number of ketones is 1. The van der Waals surface area contributed by atoms with Crippen LogP contribution in [0.3, 0.4) is 0 Å². The van der Waals surface area contributed by atoms with Gasteiger partial charge in [-0.2, -0.15) is 0 Å². The molecule has 1 N–H and O–H groups in total. The Morgan fingerprint density at radius 3 is 2.18 bits per heavy atom. The summed E-state index contributed by atoms with van der Waals surface area (Å²) < 4.78 is 23.2. The lowest BCUT2D eigenvalue weighted by atomic mass is 10.0. The van der Waals surface area contributed by atoms with Crippen LogP contribution in [0, 0.1) is 0 Å². The van der Waals surface area contributed by atoms with E-state index in [4.69, 9.17) is 0 Å². The van der Waals surface area contributed by atoms with Crippen LogP contribution in [0.1, 0.15) is 25.5 Å². The van der Waals surface area contributed by atoms with Crippen molar-refractivity contribution in [3.8, 4) is 0 Å². The van der Waals surface area contributed by atoms with Gasteiger partial charge in [0.15, 0.2) is 15.6 Å². The molecule has 4 nitrogen and oxygen atoms in total. The lowest BCUT2D eigenvalue weighted by Gasteiger charge is -2.13. The topological polar surface area (TPSA) is 63.2 Å². The second-order valence-electron chi connectivity index (χ2n) is 3.80. The maximum absolute atomic E-state index is 11.6. The molecule has 0 amide bonds. The third-order valence-corrected chi connectivity index (χ3v) is 4.40. The van der Waals surface area contributed by atoms with Gasteiger partial charge in [0, 0.05) is 0 Å². The Labute approximate surface area is 102 Å². The van der Waals surface area contributed by atoms with Crippen molar-refractivity contribution in [2.45, 2.75) is 24.8 Å². The van der Waals surface area contributed by atoms with E-state index in [0.29, 0.717) is 4.90 Å². The predicted octanol–water partition coefficient (Wildman–Crippen LogP) is 1.33. The summed E-state index contributed by atoms with van der Waals surface area (Å²) in [6.07, 6.45) is 0. The molecule has 1 unspecified atom stereocenters. The van der Waals surface area contributed by atoms with Crippen LogP contribution in [-0.4, -0.2) is 27.0 Å². The summed E-state index contributed by atoms with van der Waals surface area (Å²) in [5.41, 5.74) is 0.773. The van der Waals surface area contributed by atoms with E-state index in [1.165, 1.54) is 6.92 Å². The van der Waals surface area contributed by atoms with Crippen molar-refractivity contribution in [3.05, 3.63) is 29.8 Å². The largest absolute Gasteiger partial charge is 0.307 e. The van der Waals surface area contributed by atoms with E-state index in [2.05, 4.69) is 5.32 Å². The van der Waals surface area contributed by atoms with E-state index in [-0.39, 0.29) is 17.6 Å². The van der Waals surface area contributed by atoms with E-state index in [0.717, 1.165) is 5.56 Å². The van der Waals surface area contributed by atoms with Gasteiger partial charge in [-0.1, -0.05) is 19.1 Å². The van der Waals surface area contributed by atoms with Gasteiger partial charge < -0.3 is 5.32 Å². The molecular formula is C12H17NO3S. The monoisotopic (exact) mass is 255 g/mol. The van der Waals surface area contributed by atoms with Crippen LogP contribution >= 0.6 is 0 Å². The first-order chi connectivity index (χ1) is 7.92. The standard InChI is InChI=1S/C12H17NO3S/c1-4-17(15,16)11-7-5-10(6-8-11)12(13-3)9(2)14/h5-8,12-13H,4H2,1-3H3. The maximum Gasteiger partial charge on any atom is 0.178 e. The minimum absolute atomic E-state index is 0.00130. The predicted molar refractivity (Wildman–Crippen MR) is 66.7 cm³/mol. The highest BCUT2D eigenvalue weighted by Gasteiger charge is 2.16. The Kier molecular flexibility index (Phi) is 4.42. The number of benzene rings is 1. The second kappa shape index (κ2) is 5.42. The molecule has 0 saturated carbocycles. The Bertz CT molecular complexity index is 491. The fourth-order valence-corrected chi connectivity index (χ4v) is 2.52. The van der Waals surface area contributed by atoms with Crippen molar-refractivity contribution >= 4 is 15.6 Å². The number of likely N-dealkylation sites (N-methyl/N-ethyl adjacent to an activating group) is 1. The third kappa shape index (κ3) is 3.14. The van der Waals surface area contributed by atoms with Gasteiger partial charge in [0.25, 0.3) is 0 Å². The Hall–Kier alpha value is -1.20. The third-order valence-electron chi connectivity index (χ3n) is 2.65. The van der Waals surface area contributed by atoms with E-state index in [1.54, 1.807) is 38.2 Å². The number of carbonyl (C=O) groups excluding carboxylic acids is 1. The van der Waals surface area contributed by atoms with Gasteiger partial charge in [-0.05, 0) is 31.7 Å². The maximum atomic E-state index is 11.6. The second-order valence-corrected chi connectivity index (χ2v) is 6.08. The molecule has 0 spiro atoms. The number of sulfone groups is 1. The van der Waals surface area contributed by atoms with Gasteiger partial charge in [0.05, 0.1) is 16.7 Å². The van der Waals surface area contributed by atoms with Gasteiger partial charge >= 0.3 is 0 Å². The fraction of sp³-hybridized carbons (Fsp3) is 0.417. The summed E-state index contributed by atoms with van der Waals surface area (Å²) in [7, 11) is -1.48. The van der Waals surface area contributed by atoms with Crippen LogP contribution in [0.5, 0.6) is 0 Å². The molecule has 5 heteroatoms. The zero-order valence-corrected chi connectivity index (χ0v) is 11.0. The fourth-order valence-electron chi connectivity index (χ4n) is 1.64. The zero-order chi connectivity index (χ0) is 13.1. The van der Waals surface area contributed by atoms with E-state index < -0.39 is 9.84 Å². The summed E-state index contributed by atoms with van der Waals surface area (Å²) in [6, 6.07) is 6.05. The molecule has 1 aromatic carbocycles. The smallest absolute Gasteiger partial charge is 0.178 e. The number of carbonyl (C=O) groups is 1. The van der Waals surface area contributed by atoms with Crippen LogP contribution in [0.2, 0.25) is 0 Å². The number of Topliss-reactive ketones (excluding diaryl/α,β-unsaturated/α-hetero) is 1. The highest BCUT2D eigenvalue weighted by Crippen LogP contribution is 2.17. The summed E-state index contributed by atoms with van der Waals surface area (Å²) in [4.78, 5) is 11.6. The van der Waals surface area contributed by atoms with Crippen molar-refractivity contribution in [2.24, 2.45) is 0 Å². The molecule has 0 saturated heterocycles. The molecule has 1 aromatic rings. The van der Waals surface area contributed by atoms with Crippen LogP contribution in [0.25, 0.3) is 0 Å². The van der Waals surface area contributed by atoms with E-state index >= 15 is 0 Å². The minimum atomic E-state index is -3.17. The molecule has 0 aliphatic rings. The quantitative estimate of drug-likeness (QED) is 0.862. The molecule has 0 fully saturated rings. The summed E-state index contributed by atoms with van der Waals surface area (Å²) in [6.45, 7) is 3.10. The molecule has 0 aromatic heterocycles. The van der Waals surface area contributed by atoms with Gasteiger partial charge in [0.1, 0.15) is 0 Å². The molecular weight excluding hydrogens is 238 g/mol. The Balaban J connectivity index is 3.07. The lowest BCUT2D eigenvalue weighted by molar-refractivity contribution is -0.119. The number of hydrogen-bond donors (Lipinski definition) is 1. The van der Waals surface area contributed by atoms with Gasteiger partial charge in [-0.3, -0.25) is 4.79 Å². The summed E-state index contributed by atoms with van der Waals surface area (Å²) in [5.74, 6) is 0.0766. The average Bonchev–Trinajstić information content (AvgIpc) is 2.30. The van der Waals surface area contributed by atoms with Crippen LogP contribution in [-0.2, 0) is 14.6 Å². The molecule has 17 heavy (non-hydrogen) atoms. The SMILES string of the molecule is CCS(=O)(=O)c1ccc(C(NC)C(C)=O)cc1. The van der Waals surface area contributed by atoms with Crippen molar-refractivity contribution in [3.63, 3.8) is 0 Å². The molecule has 1 atom stereocenters. The molecule has 0 aliphatic carbocycles. The molecule has 0 bridgehead atoms. The summed E-state index contributed by atoms with van der Waals surface area (Å²) in [5, 5.41) is 2.89. The highest BCUT2D eigenvalue weighted by molar-refractivity contribution is 7.91. The molecule has 1 rings (SSSR count). The first-order valence-corrected chi connectivity index (χ1v) is 7.08. The van der Waals surface area contributed by atoms with Crippen LogP contribution < -0.4 is 5.32 Å². The van der Waals surface area contributed by atoms with Crippen LogP contribution in [0.4, 0.5) is 0 Å². The molecule has 94 valence electrons. The normalized spacial score (nSPS) is 13.4. The number of rotatable bonds is 5. The first-order valence-electron chi connectivity index (χ1n) is 5.42. The zero-order valence-electron chi connectivity index (χ0n) is 10.2. The average molecular weight is 255 g/mol. The first kappa shape index (κ1) is 13.9. The minimum Gasteiger partial charge on any atom is -0.307 e. The van der Waals surface area contributed by atoms with Crippen molar-refractivity contribution in [1.29, 1.82) is 0 Å². The lowest BCUT2D eigenvalue weighted by Crippen LogP contribution is -2.23. The van der Waals surface area contributed by atoms with E-state index in [9.17, 15) is 13.2 Å². The molecule has 0 radical (unpaired) electrons. The van der Waals surface area contributed by atoms with E-state index in [1.807, 2.05) is 0 Å². The van der Waals surface area contributed by atoms with Crippen molar-refractivity contribution in [1.82, 2.24) is 5.32 Å². The Morgan fingerprint density at radius 1 is 1.29 bits per heavy atom. The summed E-state index contributed by atoms with van der Waals surface area (Å²) >= 11 is 0. The van der Waals surface area contributed by atoms with Crippen LogP contribution in [0.15, 0.2) is 29.2 Å². The number of nitrogens with one attached hydrogen (secondary N) is 1. The van der Waals surface area contributed by atoms with Gasteiger partial charge in [-0.25, -0.2) is 8.42 Å². The van der Waals surface area contributed by atoms with Gasteiger partial charge in [-0.15, -0.1) is 0 Å². The number of hydrogen-bond acceptors (Lipinski definition) is 4. The van der Waals surface area contributed by atoms with Gasteiger partial charge in [0.2, 0.25) is 0 Å². The molecule has 0 heterocycles. The Morgan fingerprint density at radius 2 is 1.82 bits per heavy atom.